The smallest absolute Gasteiger partial charge is 0.180 e. The minimum absolute atomic E-state index is 0.777. The SMILES string of the molecule is CNc1nccn2c(-c3ccc(-c4ccccc4)cc3)cnc12. The van der Waals surface area contributed by atoms with Gasteiger partial charge in [-0.15, -0.1) is 0 Å². The number of anilines is 1. The highest BCUT2D eigenvalue weighted by Gasteiger charge is 2.09. The Balaban J connectivity index is 1.77. The average Bonchev–Trinajstić information content (AvgIpc) is 3.07. The summed E-state index contributed by atoms with van der Waals surface area (Å²) in [6, 6.07) is 18.9. The van der Waals surface area contributed by atoms with Crippen molar-refractivity contribution in [2.75, 3.05) is 12.4 Å². The first-order chi connectivity index (χ1) is 11.4. The summed E-state index contributed by atoms with van der Waals surface area (Å²) in [5, 5.41) is 3.07. The molecule has 0 aliphatic rings. The minimum atomic E-state index is 0.777. The Bertz CT molecular complexity index is 940. The average molecular weight is 300 g/mol. The fourth-order valence-electron chi connectivity index (χ4n) is 2.77. The number of rotatable bonds is 3. The molecule has 0 spiro atoms. The van der Waals surface area contributed by atoms with E-state index in [0.717, 1.165) is 22.7 Å². The summed E-state index contributed by atoms with van der Waals surface area (Å²) in [5.41, 5.74) is 5.45. The number of imidazole rings is 1. The molecule has 0 radical (unpaired) electrons. The zero-order chi connectivity index (χ0) is 15.6. The van der Waals surface area contributed by atoms with Gasteiger partial charge < -0.3 is 5.32 Å². The number of aromatic nitrogens is 3. The van der Waals surface area contributed by atoms with E-state index in [-0.39, 0.29) is 0 Å². The van der Waals surface area contributed by atoms with Crippen molar-refractivity contribution in [1.82, 2.24) is 14.4 Å². The summed E-state index contributed by atoms with van der Waals surface area (Å²) in [7, 11) is 1.85. The van der Waals surface area contributed by atoms with Gasteiger partial charge in [-0.2, -0.15) is 0 Å². The number of hydrogen-bond donors (Lipinski definition) is 1. The van der Waals surface area contributed by atoms with Crippen LogP contribution in [-0.4, -0.2) is 21.4 Å². The fraction of sp³-hybridized carbons (Fsp3) is 0.0526. The molecule has 0 amide bonds. The molecule has 2 aromatic heterocycles. The van der Waals surface area contributed by atoms with Crippen molar-refractivity contribution in [2.45, 2.75) is 0 Å². The first-order valence-electron chi connectivity index (χ1n) is 7.52. The predicted molar refractivity (Wildman–Crippen MR) is 93.4 cm³/mol. The molecule has 4 aromatic rings. The lowest BCUT2D eigenvalue weighted by atomic mass is 10.0. The van der Waals surface area contributed by atoms with E-state index >= 15 is 0 Å². The molecular weight excluding hydrogens is 284 g/mol. The van der Waals surface area contributed by atoms with Crippen LogP contribution in [0.15, 0.2) is 73.2 Å². The Labute approximate surface area is 134 Å². The van der Waals surface area contributed by atoms with E-state index in [1.807, 2.05) is 25.5 Å². The van der Waals surface area contributed by atoms with Gasteiger partial charge >= 0.3 is 0 Å². The van der Waals surface area contributed by atoms with Crippen molar-refractivity contribution in [2.24, 2.45) is 0 Å². The van der Waals surface area contributed by atoms with Crippen LogP contribution in [0, 0.1) is 0 Å². The first-order valence-corrected chi connectivity index (χ1v) is 7.52. The van der Waals surface area contributed by atoms with E-state index in [1.165, 1.54) is 11.1 Å². The van der Waals surface area contributed by atoms with Gasteiger partial charge in [0.15, 0.2) is 11.5 Å². The van der Waals surface area contributed by atoms with Gasteiger partial charge in [0.05, 0.1) is 11.9 Å². The molecule has 4 rings (SSSR count). The highest BCUT2D eigenvalue weighted by Crippen LogP contribution is 2.26. The maximum Gasteiger partial charge on any atom is 0.180 e. The highest BCUT2D eigenvalue weighted by atomic mass is 15.1. The Morgan fingerprint density at radius 2 is 1.52 bits per heavy atom. The van der Waals surface area contributed by atoms with Gasteiger partial charge in [-0.25, -0.2) is 9.97 Å². The molecule has 1 N–H and O–H groups in total. The van der Waals surface area contributed by atoms with Gasteiger partial charge in [0.1, 0.15) is 0 Å². The summed E-state index contributed by atoms with van der Waals surface area (Å²) in [6.45, 7) is 0. The third kappa shape index (κ3) is 2.34. The standard InChI is InChI=1S/C19H16N4/c1-20-18-19-22-13-17(23(19)12-11-21-18)16-9-7-15(8-10-16)14-5-3-2-4-6-14/h2-13H,1H3,(H,20,21). The normalized spacial score (nSPS) is 10.8. The van der Waals surface area contributed by atoms with Gasteiger partial charge in [-0.05, 0) is 11.1 Å². The summed E-state index contributed by atoms with van der Waals surface area (Å²) >= 11 is 0. The van der Waals surface area contributed by atoms with Crippen molar-refractivity contribution in [1.29, 1.82) is 0 Å². The molecule has 0 aliphatic carbocycles. The summed E-state index contributed by atoms with van der Waals surface area (Å²) in [4.78, 5) is 8.78. The number of nitrogens with zero attached hydrogens (tertiary/aromatic N) is 3. The molecule has 0 bridgehead atoms. The molecule has 2 heterocycles. The number of benzene rings is 2. The zero-order valence-corrected chi connectivity index (χ0v) is 12.8. The molecular formula is C19H16N4. The third-order valence-electron chi connectivity index (χ3n) is 3.95. The lowest BCUT2D eigenvalue weighted by Crippen LogP contribution is -1.97. The first kappa shape index (κ1) is 13.5. The quantitative estimate of drug-likeness (QED) is 0.619. The Morgan fingerprint density at radius 1 is 0.826 bits per heavy atom. The molecule has 4 nitrogen and oxygen atoms in total. The van der Waals surface area contributed by atoms with E-state index in [2.05, 4.69) is 68.2 Å². The molecule has 0 atom stereocenters. The third-order valence-corrected chi connectivity index (χ3v) is 3.95. The zero-order valence-electron chi connectivity index (χ0n) is 12.8. The molecule has 112 valence electrons. The molecule has 2 aromatic carbocycles. The molecule has 0 saturated carbocycles. The minimum Gasteiger partial charge on any atom is -0.370 e. The van der Waals surface area contributed by atoms with Gasteiger partial charge in [0.2, 0.25) is 0 Å². The maximum atomic E-state index is 4.48. The van der Waals surface area contributed by atoms with E-state index in [1.54, 1.807) is 6.20 Å². The summed E-state index contributed by atoms with van der Waals surface area (Å²) in [5.74, 6) is 0.777. The molecule has 0 saturated heterocycles. The van der Waals surface area contributed by atoms with Gasteiger partial charge in [-0.3, -0.25) is 4.40 Å². The predicted octanol–water partition coefficient (Wildman–Crippen LogP) is 4.11. The van der Waals surface area contributed by atoms with Crippen LogP contribution in [0.4, 0.5) is 5.82 Å². The summed E-state index contributed by atoms with van der Waals surface area (Å²) < 4.78 is 2.05. The van der Waals surface area contributed by atoms with Gasteiger partial charge in [-0.1, -0.05) is 54.6 Å². The second kappa shape index (κ2) is 5.57. The van der Waals surface area contributed by atoms with Crippen LogP contribution >= 0.6 is 0 Å². The van der Waals surface area contributed by atoms with E-state index in [4.69, 9.17) is 0 Å². The van der Waals surface area contributed by atoms with Crippen molar-refractivity contribution in [3.05, 3.63) is 73.2 Å². The Hall–Kier alpha value is -3.14. The monoisotopic (exact) mass is 300 g/mol. The number of hydrogen-bond acceptors (Lipinski definition) is 3. The van der Waals surface area contributed by atoms with Crippen LogP contribution in [0.1, 0.15) is 0 Å². The Morgan fingerprint density at radius 3 is 2.26 bits per heavy atom. The second-order valence-corrected chi connectivity index (χ2v) is 5.31. The van der Waals surface area contributed by atoms with Crippen LogP contribution in [0.25, 0.3) is 28.0 Å². The van der Waals surface area contributed by atoms with E-state index in [0.29, 0.717) is 0 Å². The van der Waals surface area contributed by atoms with Gasteiger partial charge in [0.25, 0.3) is 0 Å². The highest BCUT2D eigenvalue weighted by molar-refractivity contribution is 5.73. The van der Waals surface area contributed by atoms with Crippen LogP contribution in [0.5, 0.6) is 0 Å². The van der Waals surface area contributed by atoms with Gasteiger partial charge in [0, 0.05) is 25.0 Å². The van der Waals surface area contributed by atoms with E-state index in [9.17, 15) is 0 Å². The maximum absolute atomic E-state index is 4.48. The van der Waals surface area contributed by atoms with Crippen molar-refractivity contribution in [3.8, 4) is 22.4 Å². The van der Waals surface area contributed by atoms with Crippen LogP contribution in [0.3, 0.4) is 0 Å². The second-order valence-electron chi connectivity index (χ2n) is 5.31. The lowest BCUT2D eigenvalue weighted by Gasteiger charge is -2.06. The molecule has 0 aliphatic heterocycles. The topological polar surface area (TPSA) is 42.2 Å². The van der Waals surface area contributed by atoms with E-state index < -0.39 is 0 Å². The van der Waals surface area contributed by atoms with Crippen LogP contribution in [0.2, 0.25) is 0 Å². The fourth-order valence-corrected chi connectivity index (χ4v) is 2.77. The number of fused-ring (bicyclic) bond motifs is 1. The molecule has 23 heavy (non-hydrogen) atoms. The Kier molecular flexibility index (Phi) is 3.27. The van der Waals surface area contributed by atoms with Crippen molar-refractivity contribution in [3.63, 3.8) is 0 Å². The largest absolute Gasteiger partial charge is 0.370 e. The lowest BCUT2D eigenvalue weighted by molar-refractivity contribution is 1.13. The molecule has 4 heteroatoms. The number of nitrogens with one attached hydrogen (secondary N) is 1. The molecule has 0 fully saturated rings. The van der Waals surface area contributed by atoms with Crippen molar-refractivity contribution >= 4 is 11.5 Å². The van der Waals surface area contributed by atoms with Crippen LogP contribution < -0.4 is 5.32 Å². The summed E-state index contributed by atoms with van der Waals surface area (Å²) in [6.07, 6.45) is 5.60. The van der Waals surface area contributed by atoms with Crippen LogP contribution in [-0.2, 0) is 0 Å². The molecule has 0 unspecified atom stereocenters. The van der Waals surface area contributed by atoms with Crippen molar-refractivity contribution < 1.29 is 0 Å².